The van der Waals surface area contributed by atoms with Gasteiger partial charge in [-0.15, -0.1) is 0 Å². The summed E-state index contributed by atoms with van der Waals surface area (Å²) in [6.07, 6.45) is 5.65. The summed E-state index contributed by atoms with van der Waals surface area (Å²) in [6, 6.07) is 32.4. The maximum atomic E-state index is 13.8. The minimum Gasteiger partial charge on any atom is -0.493 e. The van der Waals surface area contributed by atoms with Gasteiger partial charge in [0.25, 0.3) is 11.8 Å². The number of aliphatic hydroxyl groups is 2. The van der Waals surface area contributed by atoms with Crippen molar-refractivity contribution >= 4 is 5.91 Å². The van der Waals surface area contributed by atoms with E-state index in [9.17, 15) is 15.0 Å². The number of ether oxygens (including phenoxy) is 1. The fraction of sp³-hybridized carbons (Fsp3) is 0.286. The van der Waals surface area contributed by atoms with Gasteiger partial charge < -0.3 is 14.9 Å². The van der Waals surface area contributed by atoms with Gasteiger partial charge in [-0.2, -0.15) is 0 Å². The molecule has 0 radical (unpaired) electrons. The third kappa shape index (κ3) is 6.11. The van der Waals surface area contributed by atoms with Crippen molar-refractivity contribution in [2.45, 2.75) is 57.4 Å². The van der Waals surface area contributed by atoms with Crippen LogP contribution in [0.15, 0.2) is 103 Å². The highest BCUT2D eigenvalue weighted by Gasteiger charge is 2.48. The van der Waals surface area contributed by atoms with E-state index in [2.05, 4.69) is 31.2 Å². The molecule has 5 heteroatoms. The Morgan fingerprint density at radius 1 is 0.775 bits per heavy atom. The maximum absolute atomic E-state index is 13.8. The lowest BCUT2D eigenvalue weighted by atomic mass is 9.94. The number of hydrogen-bond acceptors (Lipinski definition) is 4. The molecule has 4 aromatic rings. The summed E-state index contributed by atoms with van der Waals surface area (Å²) in [6.45, 7) is 2.64. The molecule has 1 saturated carbocycles. The number of hydrogen-bond donors (Lipinski definition) is 2. The van der Waals surface area contributed by atoms with E-state index in [1.54, 1.807) is 36.4 Å². The van der Waals surface area contributed by atoms with Gasteiger partial charge in [0.2, 0.25) is 0 Å². The van der Waals surface area contributed by atoms with E-state index >= 15 is 0 Å². The second-order valence-corrected chi connectivity index (χ2v) is 10.4. The molecular formula is C35H37NO4. The van der Waals surface area contributed by atoms with Gasteiger partial charge in [0.05, 0.1) is 12.2 Å². The van der Waals surface area contributed by atoms with Gasteiger partial charge >= 0.3 is 0 Å². The molecule has 1 aliphatic carbocycles. The van der Waals surface area contributed by atoms with Crippen molar-refractivity contribution < 1.29 is 19.7 Å². The Morgan fingerprint density at radius 3 is 2.02 bits per heavy atom. The van der Waals surface area contributed by atoms with Crippen molar-refractivity contribution in [1.82, 2.24) is 4.90 Å². The quantitative estimate of drug-likeness (QED) is 0.147. The summed E-state index contributed by atoms with van der Waals surface area (Å²) in [5.74, 6) is -2.54. The molecule has 0 aromatic heterocycles. The molecule has 40 heavy (non-hydrogen) atoms. The highest BCUT2D eigenvalue weighted by Crippen LogP contribution is 2.40. The lowest BCUT2D eigenvalue weighted by molar-refractivity contribution is -0.259. The number of amides is 1. The van der Waals surface area contributed by atoms with Crippen molar-refractivity contribution in [3.05, 3.63) is 114 Å². The first-order valence-corrected chi connectivity index (χ1v) is 14.3. The van der Waals surface area contributed by atoms with Crippen LogP contribution in [0.5, 0.6) is 5.75 Å². The number of benzene rings is 4. The van der Waals surface area contributed by atoms with Gasteiger partial charge in [-0.05, 0) is 65.8 Å². The number of para-hydroxylation sites is 1. The van der Waals surface area contributed by atoms with Crippen molar-refractivity contribution in [2.75, 3.05) is 6.61 Å². The highest BCUT2D eigenvalue weighted by molar-refractivity contribution is 5.96. The summed E-state index contributed by atoms with van der Waals surface area (Å²) >= 11 is 0. The molecule has 0 bridgehead atoms. The van der Waals surface area contributed by atoms with E-state index < -0.39 is 11.8 Å². The van der Waals surface area contributed by atoms with E-state index in [1.807, 2.05) is 42.5 Å². The number of carbonyl (C=O) groups is 1. The van der Waals surface area contributed by atoms with Crippen molar-refractivity contribution in [3.8, 4) is 28.0 Å². The van der Waals surface area contributed by atoms with Gasteiger partial charge in [0.15, 0.2) is 0 Å². The Morgan fingerprint density at radius 2 is 1.38 bits per heavy atom. The molecule has 5 nitrogen and oxygen atoms in total. The van der Waals surface area contributed by atoms with Crippen LogP contribution in [0.1, 0.15) is 61.4 Å². The van der Waals surface area contributed by atoms with Crippen LogP contribution in [0.3, 0.4) is 0 Å². The Bertz CT molecular complexity index is 1410. The topological polar surface area (TPSA) is 70.0 Å². The lowest BCUT2D eigenvalue weighted by Crippen LogP contribution is -2.51. The summed E-state index contributed by atoms with van der Waals surface area (Å²) in [7, 11) is 0. The Hall–Kier alpha value is -3.93. The predicted molar refractivity (Wildman–Crippen MR) is 159 cm³/mol. The molecule has 0 aliphatic heterocycles. The molecule has 4 aromatic carbocycles. The van der Waals surface area contributed by atoms with Crippen LogP contribution in [0.2, 0.25) is 0 Å². The van der Waals surface area contributed by atoms with E-state index in [0.717, 1.165) is 60.8 Å². The smallest absolute Gasteiger partial charge is 0.281 e. The molecule has 0 unspecified atom stereocenters. The van der Waals surface area contributed by atoms with Gasteiger partial charge in [0.1, 0.15) is 5.75 Å². The zero-order chi connectivity index (χ0) is 28.0. The number of rotatable bonds is 12. The average molecular weight is 536 g/mol. The molecule has 1 amide bonds. The second-order valence-electron chi connectivity index (χ2n) is 10.4. The summed E-state index contributed by atoms with van der Waals surface area (Å²) in [5, 5.41) is 23.0. The molecule has 1 fully saturated rings. The molecule has 0 heterocycles. The lowest BCUT2D eigenvalue weighted by Gasteiger charge is -2.36. The average Bonchev–Trinajstić information content (AvgIpc) is 3.83. The van der Waals surface area contributed by atoms with E-state index in [1.165, 1.54) is 4.90 Å². The summed E-state index contributed by atoms with van der Waals surface area (Å²) in [5.41, 5.74) is 4.86. The first kappa shape index (κ1) is 27.6. The van der Waals surface area contributed by atoms with Crippen LogP contribution < -0.4 is 4.74 Å². The number of nitrogens with zero attached hydrogens (tertiary/aromatic N) is 1. The van der Waals surface area contributed by atoms with Crippen LogP contribution in [-0.4, -0.2) is 33.7 Å². The van der Waals surface area contributed by atoms with E-state index in [-0.39, 0.29) is 11.6 Å². The zero-order valence-electron chi connectivity index (χ0n) is 23.0. The number of unbranched alkanes of at least 4 members (excludes halogenated alkanes) is 3. The molecule has 1 aliphatic rings. The Balaban J connectivity index is 1.39. The van der Waals surface area contributed by atoms with Crippen molar-refractivity contribution in [3.63, 3.8) is 0 Å². The largest absolute Gasteiger partial charge is 0.493 e. The molecular weight excluding hydrogens is 498 g/mol. The van der Waals surface area contributed by atoms with Gasteiger partial charge in [0, 0.05) is 11.6 Å². The zero-order valence-corrected chi connectivity index (χ0v) is 23.0. The van der Waals surface area contributed by atoms with Crippen molar-refractivity contribution in [2.24, 2.45) is 0 Å². The van der Waals surface area contributed by atoms with Crippen molar-refractivity contribution in [1.29, 1.82) is 0 Å². The van der Waals surface area contributed by atoms with Crippen LogP contribution in [0, 0.1) is 0 Å². The molecule has 2 N–H and O–H groups in total. The molecule has 0 atom stereocenters. The first-order valence-electron chi connectivity index (χ1n) is 14.3. The van der Waals surface area contributed by atoms with Crippen LogP contribution in [0.25, 0.3) is 22.3 Å². The molecule has 0 spiro atoms. The highest BCUT2D eigenvalue weighted by atomic mass is 16.5. The molecule has 0 saturated heterocycles. The predicted octanol–water partition coefficient (Wildman–Crippen LogP) is 7.38. The van der Waals surface area contributed by atoms with Gasteiger partial charge in [-0.1, -0.05) is 105 Å². The van der Waals surface area contributed by atoms with Crippen LogP contribution in [-0.2, 0) is 5.91 Å². The third-order valence-electron chi connectivity index (χ3n) is 7.43. The second kappa shape index (κ2) is 12.5. The Kier molecular flexibility index (Phi) is 8.63. The van der Waals surface area contributed by atoms with Crippen LogP contribution in [0.4, 0.5) is 0 Å². The minimum atomic E-state index is -2.50. The fourth-order valence-electron chi connectivity index (χ4n) is 5.14. The van der Waals surface area contributed by atoms with Gasteiger partial charge in [-0.3, -0.25) is 9.69 Å². The normalized spacial score (nSPS) is 13.2. The van der Waals surface area contributed by atoms with E-state index in [0.29, 0.717) is 17.9 Å². The number of carbonyl (C=O) groups excluding carboxylic acids is 1. The molecule has 206 valence electrons. The fourth-order valence-corrected chi connectivity index (χ4v) is 5.14. The summed E-state index contributed by atoms with van der Waals surface area (Å²) in [4.78, 5) is 15.0. The maximum Gasteiger partial charge on any atom is 0.281 e. The van der Waals surface area contributed by atoms with Gasteiger partial charge in [-0.25, -0.2) is 0 Å². The molecule has 5 rings (SSSR count). The van der Waals surface area contributed by atoms with Crippen LogP contribution >= 0.6 is 0 Å². The Labute approximate surface area is 236 Å². The first-order chi connectivity index (χ1) is 19.5. The SMILES string of the molecule is CCCCCCOc1ccccc1C(O)(O)N(C(=O)c1ccc(-c2ccccc2-c2ccccc2)cc1)C1CC1. The van der Waals surface area contributed by atoms with E-state index in [4.69, 9.17) is 4.74 Å². The summed E-state index contributed by atoms with van der Waals surface area (Å²) < 4.78 is 5.96. The standard InChI is InChI=1S/C35H37NO4/c1-2-3-4-12-25-40-33-18-11-10-17-32(33)35(38,39)36(29-23-24-29)34(37)28-21-19-27(20-22-28)31-16-9-8-15-30(31)26-13-6-5-7-14-26/h5-11,13-22,29,38-39H,2-4,12,23-25H2,1H3. The monoisotopic (exact) mass is 535 g/mol. The third-order valence-corrected chi connectivity index (χ3v) is 7.43. The minimum absolute atomic E-state index is 0.180.